The Morgan fingerprint density at radius 3 is 2.70 bits per heavy atom. The molecule has 0 aromatic heterocycles. The van der Waals surface area contributed by atoms with Crippen LogP contribution >= 0.6 is 23.2 Å². The summed E-state index contributed by atoms with van der Waals surface area (Å²) >= 11 is 11.4. The second-order valence-corrected chi connectivity index (χ2v) is 4.79. The maximum absolute atomic E-state index is 13.7. The van der Waals surface area contributed by atoms with Crippen molar-refractivity contribution in [3.05, 3.63) is 63.4 Å². The molecular formula is C14H9Cl2FO3. The molecule has 0 fully saturated rings. The Bertz CT molecular complexity index is 659. The van der Waals surface area contributed by atoms with Crippen molar-refractivity contribution in [1.29, 1.82) is 0 Å². The van der Waals surface area contributed by atoms with Crippen molar-refractivity contribution in [3.8, 4) is 5.75 Å². The lowest BCUT2D eigenvalue weighted by Crippen LogP contribution is -2.04. The van der Waals surface area contributed by atoms with Crippen LogP contribution in [-0.4, -0.2) is 11.1 Å². The Kier molecular flexibility index (Phi) is 4.47. The van der Waals surface area contributed by atoms with Gasteiger partial charge in [-0.25, -0.2) is 9.18 Å². The molecule has 0 aliphatic rings. The number of benzene rings is 2. The molecule has 0 bridgehead atoms. The highest BCUT2D eigenvalue weighted by atomic mass is 35.5. The minimum atomic E-state index is -1.15. The van der Waals surface area contributed by atoms with Gasteiger partial charge in [0.25, 0.3) is 0 Å². The van der Waals surface area contributed by atoms with Gasteiger partial charge in [-0.05, 0) is 24.3 Å². The van der Waals surface area contributed by atoms with Crippen LogP contribution in [0.1, 0.15) is 15.9 Å². The van der Waals surface area contributed by atoms with Crippen molar-refractivity contribution in [1.82, 2.24) is 0 Å². The number of halogens is 3. The first-order valence-corrected chi connectivity index (χ1v) is 6.33. The molecule has 104 valence electrons. The van der Waals surface area contributed by atoms with Crippen molar-refractivity contribution < 1.29 is 19.0 Å². The van der Waals surface area contributed by atoms with E-state index in [-0.39, 0.29) is 28.5 Å². The van der Waals surface area contributed by atoms with E-state index in [9.17, 15) is 9.18 Å². The molecule has 0 heterocycles. The van der Waals surface area contributed by atoms with Crippen molar-refractivity contribution in [2.24, 2.45) is 0 Å². The van der Waals surface area contributed by atoms with Crippen molar-refractivity contribution >= 4 is 29.2 Å². The SMILES string of the molecule is O=C(O)c1ccc(Cl)cc1OCc1cccc(Cl)c1F. The fraction of sp³-hybridized carbons (Fsp3) is 0.0714. The number of carbonyl (C=O) groups is 1. The lowest BCUT2D eigenvalue weighted by atomic mass is 10.2. The van der Waals surface area contributed by atoms with E-state index in [1.54, 1.807) is 6.07 Å². The van der Waals surface area contributed by atoms with Gasteiger partial charge in [0.1, 0.15) is 23.7 Å². The molecule has 6 heteroatoms. The van der Waals surface area contributed by atoms with Gasteiger partial charge in [-0.15, -0.1) is 0 Å². The van der Waals surface area contributed by atoms with Crippen LogP contribution in [0, 0.1) is 5.82 Å². The van der Waals surface area contributed by atoms with Gasteiger partial charge >= 0.3 is 5.97 Å². The number of hydrogen-bond donors (Lipinski definition) is 1. The van der Waals surface area contributed by atoms with E-state index in [1.807, 2.05) is 0 Å². The third-order valence-corrected chi connectivity index (χ3v) is 3.12. The van der Waals surface area contributed by atoms with Crippen LogP contribution in [0.2, 0.25) is 10.0 Å². The second-order valence-electron chi connectivity index (χ2n) is 3.95. The van der Waals surface area contributed by atoms with Gasteiger partial charge in [0.05, 0.1) is 5.02 Å². The van der Waals surface area contributed by atoms with Gasteiger partial charge in [-0.1, -0.05) is 35.3 Å². The fourth-order valence-corrected chi connectivity index (χ4v) is 1.96. The third-order valence-electron chi connectivity index (χ3n) is 2.59. The fourth-order valence-electron chi connectivity index (χ4n) is 1.61. The van der Waals surface area contributed by atoms with E-state index in [2.05, 4.69) is 0 Å². The summed E-state index contributed by atoms with van der Waals surface area (Å²) in [5.74, 6) is -1.67. The first-order chi connectivity index (χ1) is 9.49. The molecule has 0 aliphatic carbocycles. The zero-order chi connectivity index (χ0) is 14.7. The van der Waals surface area contributed by atoms with Gasteiger partial charge in [0.2, 0.25) is 0 Å². The number of carboxylic acids is 1. The summed E-state index contributed by atoms with van der Waals surface area (Å²) in [6.45, 7) is -0.146. The maximum Gasteiger partial charge on any atom is 0.339 e. The number of hydrogen-bond acceptors (Lipinski definition) is 2. The molecule has 2 aromatic rings. The van der Waals surface area contributed by atoms with Crippen molar-refractivity contribution in [3.63, 3.8) is 0 Å². The molecule has 0 aliphatic heterocycles. The van der Waals surface area contributed by atoms with E-state index in [1.165, 1.54) is 30.3 Å². The lowest BCUT2D eigenvalue weighted by Gasteiger charge is -2.10. The van der Waals surface area contributed by atoms with E-state index in [0.29, 0.717) is 5.02 Å². The summed E-state index contributed by atoms with van der Waals surface area (Å²) in [5.41, 5.74) is 0.186. The first-order valence-electron chi connectivity index (χ1n) is 5.57. The maximum atomic E-state index is 13.7. The van der Waals surface area contributed by atoms with E-state index < -0.39 is 11.8 Å². The average molecular weight is 315 g/mol. The first kappa shape index (κ1) is 14.6. The highest BCUT2D eigenvalue weighted by Gasteiger charge is 2.13. The topological polar surface area (TPSA) is 46.5 Å². The Morgan fingerprint density at radius 1 is 1.25 bits per heavy atom. The Balaban J connectivity index is 2.24. The van der Waals surface area contributed by atoms with Crippen LogP contribution in [0.3, 0.4) is 0 Å². The molecule has 0 radical (unpaired) electrons. The van der Waals surface area contributed by atoms with Crippen LogP contribution in [0.15, 0.2) is 36.4 Å². The molecule has 3 nitrogen and oxygen atoms in total. The van der Waals surface area contributed by atoms with Gasteiger partial charge < -0.3 is 9.84 Å². The normalized spacial score (nSPS) is 10.3. The Hall–Kier alpha value is -1.78. The lowest BCUT2D eigenvalue weighted by molar-refractivity contribution is 0.0692. The predicted octanol–water partition coefficient (Wildman–Crippen LogP) is 4.41. The minimum absolute atomic E-state index is 0.0179. The predicted molar refractivity (Wildman–Crippen MR) is 74.2 cm³/mol. The molecule has 0 spiro atoms. The molecule has 0 saturated carbocycles. The van der Waals surface area contributed by atoms with Crippen LogP contribution in [-0.2, 0) is 6.61 Å². The Labute approximate surface area is 124 Å². The van der Waals surface area contributed by atoms with Crippen LogP contribution in [0.5, 0.6) is 5.75 Å². The van der Waals surface area contributed by atoms with Crippen LogP contribution in [0.4, 0.5) is 4.39 Å². The summed E-state index contributed by atoms with van der Waals surface area (Å²) in [7, 11) is 0. The van der Waals surface area contributed by atoms with Crippen LogP contribution in [0.25, 0.3) is 0 Å². The zero-order valence-corrected chi connectivity index (χ0v) is 11.6. The smallest absolute Gasteiger partial charge is 0.339 e. The van der Waals surface area contributed by atoms with Crippen molar-refractivity contribution in [2.75, 3.05) is 0 Å². The molecule has 0 unspecified atom stereocenters. The van der Waals surface area contributed by atoms with Gasteiger partial charge in [0.15, 0.2) is 0 Å². The average Bonchev–Trinajstić information content (AvgIpc) is 2.40. The molecular weight excluding hydrogens is 306 g/mol. The largest absolute Gasteiger partial charge is 0.488 e. The summed E-state index contributed by atoms with van der Waals surface area (Å²) < 4.78 is 19.0. The number of aromatic carboxylic acids is 1. The third kappa shape index (κ3) is 3.21. The van der Waals surface area contributed by atoms with Gasteiger partial charge in [-0.2, -0.15) is 0 Å². The molecule has 2 rings (SSSR count). The molecule has 2 aromatic carbocycles. The van der Waals surface area contributed by atoms with E-state index >= 15 is 0 Å². The standard InChI is InChI=1S/C14H9Cl2FO3/c15-9-4-5-10(14(18)19)12(6-9)20-7-8-2-1-3-11(16)13(8)17/h1-6H,7H2,(H,18,19). The van der Waals surface area contributed by atoms with Gasteiger partial charge in [-0.3, -0.25) is 0 Å². The number of carboxylic acid groups (broad SMARTS) is 1. The molecule has 0 saturated heterocycles. The Morgan fingerprint density at radius 2 is 2.00 bits per heavy atom. The molecule has 20 heavy (non-hydrogen) atoms. The summed E-state index contributed by atoms with van der Waals surface area (Å²) in [6, 6.07) is 8.65. The van der Waals surface area contributed by atoms with Gasteiger partial charge in [0, 0.05) is 10.6 Å². The monoisotopic (exact) mass is 314 g/mol. The minimum Gasteiger partial charge on any atom is -0.488 e. The summed E-state index contributed by atoms with van der Waals surface area (Å²) in [4.78, 5) is 11.0. The highest BCUT2D eigenvalue weighted by molar-refractivity contribution is 6.31. The number of ether oxygens (including phenoxy) is 1. The summed E-state index contributed by atoms with van der Waals surface area (Å²) in [6.07, 6.45) is 0. The zero-order valence-electron chi connectivity index (χ0n) is 10.1. The van der Waals surface area contributed by atoms with Crippen molar-refractivity contribution in [2.45, 2.75) is 6.61 Å². The number of rotatable bonds is 4. The molecule has 0 amide bonds. The van der Waals surface area contributed by atoms with E-state index in [4.69, 9.17) is 33.0 Å². The molecule has 1 N–H and O–H groups in total. The van der Waals surface area contributed by atoms with Crippen LogP contribution < -0.4 is 4.74 Å². The quantitative estimate of drug-likeness (QED) is 0.909. The second kappa shape index (κ2) is 6.11. The summed E-state index contributed by atoms with van der Waals surface area (Å²) in [5, 5.41) is 9.35. The van der Waals surface area contributed by atoms with E-state index in [0.717, 1.165) is 0 Å². The highest BCUT2D eigenvalue weighted by Crippen LogP contribution is 2.25. The molecule has 0 atom stereocenters.